The molecule has 1 aromatic carbocycles. The zero-order valence-corrected chi connectivity index (χ0v) is 9.24. The minimum atomic E-state index is 0.312. The van der Waals surface area contributed by atoms with Gasteiger partial charge in [0.05, 0.1) is 0 Å². The fourth-order valence-electron chi connectivity index (χ4n) is 1.68. The first-order valence-corrected chi connectivity index (χ1v) is 5.52. The third-order valence-corrected chi connectivity index (χ3v) is 2.74. The molecule has 0 amide bonds. The average molecular weight is 191 g/mol. The number of nitrogens with two attached hydrogens (primary N) is 1. The molecule has 14 heavy (non-hydrogen) atoms. The van der Waals surface area contributed by atoms with Crippen LogP contribution in [0.4, 0.5) is 0 Å². The molecule has 0 saturated heterocycles. The molecule has 2 N–H and O–H groups in total. The Balaban J connectivity index is 2.37. The highest BCUT2D eigenvalue weighted by molar-refractivity contribution is 5.15. The van der Waals surface area contributed by atoms with E-state index in [1.807, 2.05) is 6.07 Å². The zero-order valence-electron chi connectivity index (χ0n) is 9.24. The van der Waals surface area contributed by atoms with E-state index in [-0.39, 0.29) is 0 Å². The lowest BCUT2D eigenvalue weighted by Gasteiger charge is -2.15. The predicted octanol–water partition coefficient (Wildman–Crippen LogP) is 2.99. The standard InChI is InChI=1S/C13H21N/c1-3-11(2)9-13(14)10-12-7-5-4-6-8-12/h4-8,11,13H,3,9-10,14H2,1-2H3. The molecule has 0 aliphatic rings. The molecule has 0 aliphatic heterocycles. The first-order valence-electron chi connectivity index (χ1n) is 5.52. The fourth-order valence-corrected chi connectivity index (χ4v) is 1.68. The molecule has 1 heteroatoms. The second kappa shape index (κ2) is 5.82. The van der Waals surface area contributed by atoms with Crippen LogP contribution >= 0.6 is 0 Å². The Labute approximate surface area is 87.3 Å². The van der Waals surface area contributed by atoms with Crippen LogP contribution in [0, 0.1) is 5.92 Å². The van der Waals surface area contributed by atoms with Gasteiger partial charge in [-0.1, -0.05) is 50.6 Å². The van der Waals surface area contributed by atoms with Gasteiger partial charge in [-0.25, -0.2) is 0 Å². The van der Waals surface area contributed by atoms with Gasteiger partial charge >= 0.3 is 0 Å². The van der Waals surface area contributed by atoms with Gasteiger partial charge in [-0.15, -0.1) is 0 Å². The van der Waals surface area contributed by atoms with Gasteiger partial charge in [0.1, 0.15) is 0 Å². The van der Waals surface area contributed by atoms with E-state index in [9.17, 15) is 0 Å². The van der Waals surface area contributed by atoms with Crippen LogP contribution in [0.25, 0.3) is 0 Å². The highest BCUT2D eigenvalue weighted by Gasteiger charge is 2.07. The maximum absolute atomic E-state index is 6.08. The second-order valence-electron chi connectivity index (χ2n) is 4.20. The van der Waals surface area contributed by atoms with Crippen molar-refractivity contribution in [2.24, 2.45) is 11.7 Å². The van der Waals surface area contributed by atoms with Gasteiger partial charge < -0.3 is 5.73 Å². The molecule has 2 unspecified atom stereocenters. The first kappa shape index (κ1) is 11.3. The molecule has 0 radical (unpaired) electrons. The second-order valence-corrected chi connectivity index (χ2v) is 4.20. The lowest BCUT2D eigenvalue weighted by Crippen LogP contribution is -2.25. The molecule has 0 saturated carbocycles. The molecular formula is C13H21N. The largest absolute Gasteiger partial charge is 0.327 e. The maximum atomic E-state index is 6.08. The van der Waals surface area contributed by atoms with Crippen LogP contribution in [-0.2, 0) is 6.42 Å². The lowest BCUT2D eigenvalue weighted by molar-refractivity contribution is 0.450. The first-order chi connectivity index (χ1) is 6.72. The van der Waals surface area contributed by atoms with E-state index in [0.717, 1.165) is 18.8 Å². The van der Waals surface area contributed by atoms with Crippen molar-refractivity contribution in [2.75, 3.05) is 0 Å². The van der Waals surface area contributed by atoms with Gasteiger partial charge in [0.15, 0.2) is 0 Å². The molecule has 0 aromatic heterocycles. The highest BCUT2D eigenvalue weighted by atomic mass is 14.6. The van der Waals surface area contributed by atoms with Gasteiger partial charge in [0.2, 0.25) is 0 Å². The maximum Gasteiger partial charge on any atom is 0.00818 e. The van der Waals surface area contributed by atoms with Crippen LogP contribution in [0.15, 0.2) is 30.3 Å². The van der Waals surface area contributed by atoms with E-state index in [1.165, 1.54) is 12.0 Å². The Morgan fingerprint density at radius 3 is 2.43 bits per heavy atom. The predicted molar refractivity (Wildman–Crippen MR) is 62.2 cm³/mol. The summed E-state index contributed by atoms with van der Waals surface area (Å²) in [4.78, 5) is 0. The normalized spacial score (nSPS) is 15.1. The quantitative estimate of drug-likeness (QED) is 0.760. The van der Waals surface area contributed by atoms with Crippen LogP contribution in [0.2, 0.25) is 0 Å². The lowest BCUT2D eigenvalue weighted by atomic mass is 9.95. The molecule has 0 fully saturated rings. The van der Waals surface area contributed by atoms with Gasteiger partial charge in [-0.2, -0.15) is 0 Å². The fraction of sp³-hybridized carbons (Fsp3) is 0.538. The molecule has 1 aromatic rings. The molecule has 0 aliphatic carbocycles. The van der Waals surface area contributed by atoms with Crippen molar-refractivity contribution in [3.05, 3.63) is 35.9 Å². The molecule has 78 valence electrons. The summed E-state index contributed by atoms with van der Waals surface area (Å²) in [5, 5.41) is 0. The molecule has 0 spiro atoms. The van der Waals surface area contributed by atoms with E-state index in [2.05, 4.69) is 38.1 Å². The summed E-state index contributed by atoms with van der Waals surface area (Å²) in [7, 11) is 0. The summed E-state index contributed by atoms with van der Waals surface area (Å²) in [5.74, 6) is 0.744. The third-order valence-electron chi connectivity index (χ3n) is 2.74. The number of hydrogen-bond acceptors (Lipinski definition) is 1. The SMILES string of the molecule is CCC(C)CC(N)Cc1ccccc1. The average Bonchev–Trinajstić information content (AvgIpc) is 2.19. The summed E-state index contributed by atoms with van der Waals surface area (Å²) < 4.78 is 0. The van der Waals surface area contributed by atoms with E-state index in [4.69, 9.17) is 5.73 Å². The van der Waals surface area contributed by atoms with E-state index in [1.54, 1.807) is 0 Å². The van der Waals surface area contributed by atoms with Crippen LogP contribution in [0.3, 0.4) is 0 Å². The van der Waals surface area contributed by atoms with Gasteiger partial charge in [0, 0.05) is 6.04 Å². The van der Waals surface area contributed by atoms with Crippen LogP contribution in [0.5, 0.6) is 0 Å². The smallest absolute Gasteiger partial charge is 0.00818 e. The molecule has 0 bridgehead atoms. The Bertz CT molecular complexity index is 243. The van der Waals surface area contributed by atoms with Crippen molar-refractivity contribution >= 4 is 0 Å². The Hall–Kier alpha value is -0.820. The summed E-state index contributed by atoms with van der Waals surface area (Å²) in [5.41, 5.74) is 7.43. The van der Waals surface area contributed by atoms with Crippen molar-refractivity contribution in [3.8, 4) is 0 Å². The summed E-state index contributed by atoms with van der Waals surface area (Å²) in [6, 6.07) is 10.8. The van der Waals surface area contributed by atoms with E-state index in [0.29, 0.717) is 6.04 Å². The zero-order chi connectivity index (χ0) is 10.4. The van der Waals surface area contributed by atoms with Crippen molar-refractivity contribution in [1.29, 1.82) is 0 Å². The van der Waals surface area contributed by atoms with E-state index >= 15 is 0 Å². The molecular weight excluding hydrogens is 170 g/mol. The Kier molecular flexibility index (Phi) is 4.68. The molecule has 0 heterocycles. The number of rotatable bonds is 5. The minimum absolute atomic E-state index is 0.312. The van der Waals surface area contributed by atoms with Crippen molar-refractivity contribution in [3.63, 3.8) is 0 Å². The summed E-state index contributed by atoms with van der Waals surface area (Å²) >= 11 is 0. The molecule has 2 atom stereocenters. The highest BCUT2D eigenvalue weighted by Crippen LogP contribution is 2.12. The van der Waals surface area contributed by atoms with Gasteiger partial charge in [-0.3, -0.25) is 0 Å². The molecule has 1 nitrogen and oxygen atoms in total. The van der Waals surface area contributed by atoms with Crippen molar-refractivity contribution in [1.82, 2.24) is 0 Å². The minimum Gasteiger partial charge on any atom is -0.327 e. The van der Waals surface area contributed by atoms with Crippen molar-refractivity contribution < 1.29 is 0 Å². The van der Waals surface area contributed by atoms with Crippen molar-refractivity contribution in [2.45, 2.75) is 39.2 Å². The summed E-state index contributed by atoms with van der Waals surface area (Å²) in [6.45, 7) is 4.49. The van der Waals surface area contributed by atoms with E-state index < -0.39 is 0 Å². The summed E-state index contributed by atoms with van der Waals surface area (Å²) in [6.07, 6.45) is 3.36. The third kappa shape index (κ3) is 3.93. The number of benzene rings is 1. The number of hydrogen-bond donors (Lipinski definition) is 1. The van der Waals surface area contributed by atoms with Gasteiger partial charge in [0.25, 0.3) is 0 Å². The topological polar surface area (TPSA) is 26.0 Å². The Morgan fingerprint density at radius 2 is 1.86 bits per heavy atom. The monoisotopic (exact) mass is 191 g/mol. The van der Waals surface area contributed by atoms with Crippen LogP contribution < -0.4 is 5.73 Å². The molecule has 1 rings (SSSR count). The Morgan fingerprint density at radius 1 is 1.21 bits per heavy atom. The van der Waals surface area contributed by atoms with Crippen LogP contribution in [-0.4, -0.2) is 6.04 Å². The van der Waals surface area contributed by atoms with Gasteiger partial charge in [-0.05, 0) is 24.3 Å². The van der Waals surface area contributed by atoms with Crippen LogP contribution in [0.1, 0.15) is 32.3 Å².